The molecule has 3 atom stereocenters. The Morgan fingerprint density at radius 3 is 2.78 bits per heavy atom. The van der Waals surface area contributed by atoms with E-state index in [0.29, 0.717) is 19.5 Å². The second kappa shape index (κ2) is 10.2. The van der Waals surface area contributed by atoms with Crippen LogP contribution in [0.5, 0.6) is 0 Å². The van der Waals surface area contributed by atoms with Gasteiger partial charge in [-0.3, -0.25) is 24.4 Å². The first kappa shape index (κ1) is 22.4. The van der Waals surface area contributed by atoms with Gasteiger partial charge in [-0.05, 0) is 44.0 Å². The number of amides is 2. The number of carbonyl (C=O) groups excluding carboxylic acids is 2. The minimum Gasteiger partial charge on any atom is -0.353 e. The minimum atomic E-state index is -0.147. The van der Waals surface area contributed by atoms with Gasteiger partial charge in [-0.1, -0.05) is 35.9 Å². The Morgan fingerprint density at radius 2 is 2.03 bits per heavy atom. The lowest BCUT2D eigenvalue weighted by molar-refractivity contribution is -0.126. The van der Waals surface area contributed by atoms with E-state index in [1.165, 1.54) is 11.1 Å². The van der Waals surface area contributed by atoms with Crippen LogP contribution in [0.15, 0.2) is 48.8 Å². The quantitative estimate of drug-likeness (QED) is 0.694. The number of hydrogen-bond acceptors (Lipinski definition) is 5. The molecule has 2 N–H and O–H groups in total. The summed E-state index contributed by atoms with van der Waals surface area (Å²) in [4.78, 5) is 34.0. The van der Waals surface area contributed by atoms with Crippen molar-refractivity contribution in [2.24, 2.45) is 0 Å². The maximum absolute atomic E-state index is 13.0. The molecule has 4 rings (SSSR count). The molecule has 0 unspecified atom stereocenters. The molecule has 0 radical (unpaired) electrons. The van der Waals surface area contributed by atoms with Gasteiger partial charge in [0.25, 0.3) is 0 Å². The maximum Gasteiger partial charge on any atom is 0.239 e. The van der Waals surface area contributed by atoms with Crippen LogP contribution in [0.4, 0.5) is 0 Å². The van der Waals surface area contributed by atoms with Gasteiger partial charge >= 0.3 is 0 Å². The summed E-state index contributed by atoms with van der Waals surface area (Å²) in [5.41, 5.74) is 3.47. The van der Waals surface area contributed by atoms with Gasteiger partial charge in [0, 0.05) is 57.1 Å². The molecule has 0 saturated carbocycles. The first-order valence-corrected chi connectivity index (χ1v) is 11.5. The predicted molar refractivity (Wildman–Crippen MR) is 124 cm³/mol. The topological polar surface area (TPSA) is 77.6 Å². The van der Waals surface area contributed by atoms with Crippen LogP contribution in [0.25, 0.3) is 0 Å². The van der Waals surface area contributed by atoms with Crippen LogP contribution in [0.3, 0.4) is 0 Å². The van der Waals surface area contributed by atoms with Crippen LogP contribution in [0.2, 0.25) is 0 Å². The number of aryl methyl sites for hydroxylation is 1. The van der Waals surface area contributed by atoms with E-state index in [4.69, 9.17) is 0 Å². The third-order valence-corrected chi connectivity index (χ3v) is 6.77. The molecule has 2 aliphatic rings. The van der Waals surface area contributed by atoms with Gasteiger partial charge in [0.15, 0.2) is 0 Å². The Labute approximate surface area is 190 Å². The van der Waals surface area contributed by atoms with Crippen LogP contribution < -0.4 is 10.6 Å². The van der Waals surface area contributed by atoms with Crippen molar-refractivity contribution in [3.8, 4) is 0 Å². The van der Waals surface area contributed by atoms with Crippen LogP contribution in [-0.2, 0) is 22.7 Å². The third-order valence-electron chi connectivity index (χ3n) is 6.77. The molecule has 3 heterocycles. The number of hydrogen-bond donors (Lipinski definition) is 2. The lowest BCUT2D eigenvalue weighted by Crippen LogP contribution is -2.49. The summed E-state index contributed by atoms with van der Waals surface area (Å²) in [7, 11) is 2.10. The Morgan fingerprint density at radius 1 is 1.22 bits per heavy atom. The van der Waals surface area contributed by atoms with Crippen molar-refractivity contribution in [1.29, 1.82) is 0 Å². The summed E-state index contributed by atoms with van der Waals surface area (Å²) in [6, 6.07) is 12.5. The van der Waals surface area contributed by atoms with Crippen molar-refractivity contribution in [2.75, 3.05) is 20.1 Å². The summed E-state index contributed by atoms with van der Waals surface area (Å²) < 4.78 is 0. The molecule has 0 spiro atoms. The molecule has 7 nitrogen and oxygen atoms in total. The monoisotopic (exact) mass is 435 g/mol. The normalized spacial score (nSPS) is 23.9. The zero-order valence-corrected chi connectivity index (χ0v) is 19.0. The van der Waals surface area contributed by atoms with Crippen molar-refractivity contribution >= 4 is 11.8 Å². The first-order chi connectivity index (χ1) is 15.5. The van der Waals surface area contributed by atoms with E-state index in [-0.39, 0.29) is 29.9 Å². The standard InChI is InChI=1S/C25H33N5O2/c1-18-5-7-19(8-6-18)17-30-13-11-22-24(30)25(32)28-16-21(29(22)2)9-10-23(31)27-15-20-4-3-12-26-14-20/h3-8,12,14,21-22,24H,9-11,13,15-17H2,1-2H3,(H,27,31)(H,28,32)/t21-,22-,24-/m0/s1. The average Bonchev–Trinajstić information content (AvgIpc) is 3.18. The molecule has 0 bridgehead atoms. The van der Waals surface area contributed by atoms with Gasteiger partial charge < -0.3 is 10.6 Å². The van der Waals surface area contributed by atoms with Crippen LogP contribution in [-0.4, -0.2) is 64.9 Å². The minimum absolute atomic E-state index is 0.0294. The van der Waals surface area contributed by atoms with Crippen molar-refractivity contribution < 1.29 is 9.59 Å². The van der Waals surface area contributed by atoms with E-state index in [1.807, 2.05) is 12.1 Å². The number of nitrogens with zero attached hydrogens (tertiary/aromatic N) is 3. The zero-order chi connectivity index (χ0) is 22.5. The van der Waals surface area contributed by atoms with Gasteiger partial charge in [-0.25, -0.2) is 0 Å². The molecule has 2 fully saturated rings. The number of aromatic nitrogens is 1. The molecule has 2 amide bonds. The Kier molecular flexibility index (Phi) is 7.17. The van der Waals surface area contributed by atoms with Crippen LogP contribution in [0, 0.1) is 6.92 Å². The highest BCUT2D eigenvalue weighted by molar-refractivity contribution is 5.83. The van der Waals surface area contributed by atoms with E-state index >= 15 is 0 Å². The SMILES string of the molecule is Cc1ccc(CN2CC[C@H]3[C@H]2C(=O)NC[C@H](CCC(=O)NCc2cccnc2)N3C)cc1. The molecule has 0 aliphatic carbocycles. The van der Waals surface area contributed by atoms with Gasteiger partial charge in [0.1, 0.15) is 6.04 Å². The summed E-state index contributed by atoms with van der Waals surface area (Å²) >= 11 is 0. The molecule has 32 heavy (non-hydrogen) atoms. The summed E-state index contributed by atoms with van der Waals surface area (Å²) in [5.74, 6) is 0.136. The number of likely N-dealkylation sites (N-methyl/N-ethyl adjacent to an activating group) is 1. The maximum atomic E-state index is 13.0. The summed E-state index contributed by atoms with van der Waals surface area (Å²) in [6.45, 7) is 4.84. The largest absolute Gasteiger partial charge is 0.353 e. The van der Waals surface area contributed by atoms with Gasteiger partial charge in [-0.2, -0.15) is 0 Å². The highest BCUT2D eigenvalue weighted by Crippen LogP contribution is 2.28. The number of carbonyl (C=O) groups is 2. The molecule has 2 aromatic rings. The van der Waals surface area contributed by atoms with E-state index < -0.39 is 0 Å². The fourth-order valence-electron chi connectivity index (χ4n) is 4.84. The summed E-state index contributed by atoms with van der Waals surface area (Å²) in [5, 5.41) is 6.11. The molecule has 2 aliphatic heterocycles. The zero-order valence-electron chi connectivity index (χ0n) is 19.0. The van der Waals surface area contributed by atoms with Gasteiger partial charge in [0.05, 0.1) is 0 Å². The molecule has 1 aromatic carbocycles. The second-order valence-electron chi connectivity index (χ2n) is 9.00. The third kappa shape index (κ3) is 5.34. The van der Waals surface area contributed by atoms with Crippen LogP contribution in [0.1, 0.15) is 36.0 Å². The fraction of sp³-hybridized carbons (Fsp3) is 0.480. The van der Waals surface area contributed by atoms with Gasteiger partial charge in [-0.15, -0.1) is 0 Å². The molecule has 7 heteroatoms. The van der Waals surface area contributed by atoms with Crippen molar-refractivity contribution in [3.05, 3.63) is 65.5 Å². The predicted octanol–water partition coefficient (Wildman–Crippen LogP) is 1.86. The van der Waals surface area contributed by atoms with Crippen LogP contribution >= 0.6 is 0 Å². The van der Waals surface area contributed by atoms with Crippen molar-refractivity contribution in [2.45, 2.75) is 57.4 Å². The molecule has 170 valence electrons. The van der Waals surface area contributed by atoms with Crippen molar-refractivity contribution in [3.63, 3.8) is 0 Å². The average molecular weight is 436 g/mol. The van der Waals surface area contributed by atoms with Gasteiger partial charge in [0.2, 0.25) is 11.8 Å². The summed E-state index contributed by atoms with van der Waals surface area (Å²) in [6.07, 6.45) is 5.60. The fourth-order valence-corrected chi connectivity index (χ4v) is 4.84. The number of nitrogens with one attached hydrogen (secondary N) is 2. The Hall–Kier alpha value is -2.77. The van der Waals surface area contributed by atoms with E-state index in [1.54, 1.807) is 12.4 Å². The lowest BCUT2D eigenvalue weighted by Gasteiger charge is -2.33. The van der Waals surface area contributed by atoms with E-state index in [9.17, 15) is 9.59 Å². The first-order valence-electron chi connectivity index (χ1n) is 11.5. The Balaban J connectivity index is 1.32. The number of rotatable bonds is 7. The molecular formula is C25H33N5O2. The number of fused-ring (bicyclic) bond motifs is 1. The number of benzene rings is 1. The molecular weight excluding hydrogens is 402 g/mol. The van der Waals surface area contributed by atoms with E-state index in [2.05, 4.69) is 63.7 Å². The second-order valence-corrected chi connectivity index (χ2v) is 9.00. The Bertz CT molecular complexity index is 918. The van der Waals surface area contributed by atoms with E-state index in [0.717, 1.165) is 31.5 Å². The van der Waals surface area contributed by atoms with Crippen molar-refractivity contribution in [1.82, 2.24) is 25.4 Å². The highest BCUT2D eigenvalue weighted by Gasteiger charge is 2.44. The molecule has 2 saturated heterocycles. The molecule has 1 aromatic heterocycles. The highest BCUT2D eigenvalue weighted by atomic mass is 16.2. The number of likely N-dealkylation sites (tertiary alicyclic amines) is 1. The lowest BCUT2D eigenvalue weighted by atomic mass is 10.0. The number of pyridine rings is 1. The smallest absolute Gasteiger partial charge is 0.239 e.